The summed E-state index contributed by atoms with van der Waals surface area (Å²) in [7, 11) is 0. The molecule has 3 fully saturated rings. The number of halogens is 1. The van der Waals surface area contributed by atoms with Crippen molar-refractivity contribution < 1.29 is 13.9 Å². The van der Waals surface area contributed by atoms with Crippen LogP contribution in [0.15, 0.2) is 27.8 Å². The zero-order valence-electron chi connectivity index (χ0n) is 17.5. The van der Waals surface area contributed by atoms with E-state index in [9.17, 15) is 0 Å². The molecule has 6 nitrogen and oxygen atoms in total. The van der Waals surface area contributed by atoms with E-state index >= 15 is 0 Å². The molecule has 1 spiro atoms. The fourth-order valence-corrected chi connectivity index (χ4v) is 4.78. The molecule has 4 rings (SSSR count). The summed E-state index contributed by atoms with van der Waals surface area (Å²) in [6, 6.07) is 4.84. The number of hydrogen-bond donors (Lipinski definition) is 2. The molecule has 2 saturated heterocycles. The van der Waals surface area contributed by atoms with Crippen molar-refractivity contribution in [3.8, 4) is 0 Å². The lowest BCUT2D eigenvalue weighted by atomic mass is 9.86. The topological polar surface area (TPSA) is 68.0 Å². The molecule has 1 aromatic rings. The van der Waals surface area contributed by atoms with Gasteiger partial charge in [-0.1, -0.05) is 19.8 Å². The average Bonchev–Trinajstić information content (AvgIpc) is 3.36. The van der Waals surface area contributed by atoms with Gasteiger partial charge in [-0.25, -0.2) is 0 Å². The summed E-state index contributed by atoms with van der Waals surface area (Å²) in [6.07, 6.45) is 10.7. The van der Waals surface area contributed by atoms with E-state index < -0.39 is 0 Å². The number of nitrogens with zero attached hydrogens (tertiary/aromatic N) is 1. The Morgan fingerprint density at radius 1 is 1.21 bits per heavy atom. The quantitative estimate of drug-likeness (QED) is 0.353. The minimum Gasteiger partial charge on any atom is -0.469 e. The minimum atomic E-state index is -0.0900. The van der Waals surface area contributed by atoms with E-state index in [1.54, 1.807) is 6.26 Å². The molecule has 4 atom stereocenters. The number of rotatable bonds is 5. The molecule has 1 aliphatic carbocycles. The van der Waals surface area contributed by atoms with Crippen LogP contribution in [0.3, 0.4) is 0 Å². The van der Waals surface area contributed by atoms with E-state index in [2.05, 4.69) is 17.6 Å². The maximum atomic E-state index is 6.10. The molecular formula is C22H36IN3O3. The highest BCUT2D eigenvalue weighted by atomic mass is 127. The van der Waals surface area contributed by atoms with Crippen molar-refractivity contribution in [2.75, 3.05) is 26.4 Å². The van der Waals surface area contributed by atoms with Crippen molar-refractivity contribution in [2.24, 2.45) is 10.9 Å². The zero-order valence-corrected chi connectivity index (χ0v) is 19.9. The number of aliphatic imine (C=N–C) groups is 1. The van der Waals surface area contributed by atoms with Gasteiger partial charge in [-0.2, -0.15) is 0 Å². The van der Waals surface area contributed by atoms with Crippen molar-refractivity contribution >= 4 is 29.9 Å². The van der Waals surface area contributed by atoms with Crippen molar-refractivity contribution in [1.82, 2.24) is 10.6 Å². The molecule has 0 bridgehead atoms. The van der Waals surface area contributed by atoms with Crippen molar-refractivity contribution in [2.45, 2.75) is 76.0 Å². The molecule has 7 heteroatoms. The normalized spacial score (nSPS) is 32.7. The highest BCUT2D eigenvalue weighted by molar-refractivity contribution is 14.0. The molecule has 0 radical (unpaired) electrons. The Kier molecular flexibility index (Phi) is 8.68. The third kappa shape index (κ3) is 6.34. The van der Waals surface area contributed by atoms with Gasteiger partial charge < -0.3 is 24.5 Å². The standard InChI is InChI=1S/C22H35N3O3.HI/c1-17-5-2-3-7-20(17)25-21(23-11-8-19-6-4-12-27-19)24-18-9-13-28-22(15-18)10-14-26-16-22;/h4,6,12,17-18,20H,2-3,5,7-11,13-16H2,1H3,(H2,23,24,25);1H. The van der Waals surface area contributed by atoms with E-state index in [1.807, 2.05) is 12.1 Å². The van der Waals surface area contributed by atoms with Gasteiger partial charge in [0.15, 0.2) is 5.96 Å². The summed E-state index contributed by atoms with van der Waals surface area (Å²) in [5.41, 5.74) is -0.0900. The Bertz CT molecular complexity index is 631. The van der Waals surface area contributed by atoms with E-state index in [1.165, 1.54) is 25.7 Å². The van der Waals surface area contributed by atoms with E-state index in [0.717, 1.165) is 63.8 Å². The average molecular weight is 517 g/mol. The Morgan fingerprint density at radius 2 is 2.10 bits per heavy atom. The number of nitrogens with one attached hydrogen (secondary N) is 2. The van der Waals surface area contributed by atoms with Crippen LogP contribution < -0.4 is 10.6 Å². The summed E-state index contributed by atoms with van der Waals surface area (Å²) >= 11 is 0. The lowest BCUT2D eigenvalue weighted by Gasteiger charge is -2.38. The second-order valence-corrected chi connectivity index (χ2v) is 8.74. The van der Waals surface area contributed by atoms with Crippen molar-refractivity contribution in [3.05, 3.63) is 24.2 Å². The van der Waals surface area contributed by atoms with Gasteiger partial charge in [-0.3, -0.25) is 4.99 Å². The van der Waals surface area contributed by atoms with E-state index in [0.29, 0.717) is 18.0 Å². The number of ether oxygens (including phenoxy) is 2. The maximum absolute atomic E-state index is 6.10. The first-order chi connectivity index (χ1) is 13.7. The van der Waals surface area contributed by atoms with Gasteiger partial charge in [0.05, 0.1) is 18.5 Å². The fraction of sp³-hybridized carbons (Fsp3) is 0.773. The van der Waals surface area contributed by atoms with Gasteiger partial charge in [0, 0.05) is 44.7 Å². The Labute approximate surface area is 191 Å². The Hall–Kier alpha value is -0.800. The lowest BCUT2D eigenvalue weighted by Crippen LogP contribution is -2.54. The molecule has 29 heavy (non-hydrogen) atoms. The fourth-order valence-electron chi connectivity index (χ4n) is 4.78. The monoisotopic (exact) mass is 517 g/mol. The number of furan rings is 1. The molecule has 0 amide bonds. The first-order valence-electron chi connectivity index (χ1n) is 11.0. The molecule has 0 aromatic carbocycles. The first-order valence-corrected chi connectivity index (χ1v) is 11.0. The van der Waals surface area contributed by atoms with Crippen molar-refractivity contribution in [3.63, 3.8) is 0 Å². The molecule has 164 valence electrons. The van der Waals surface area contributed by atoms with Crippen LogP contribution in [-0.4, -0.2) is 50.0 Å². The Morgan fingerprint density at radius 3 is 2.86 bits per heavy atom. The van der Waals surface area contributed by atoms with Crippen LogP contribution in [0.4, 0.5) is 0 Å². The summed E-state index contributed by atoms with van der Waals surface area (Å²) in [5, 5.41) is 7.48. The van der Waals surface area contributed by atoms with Gasteiger partial charge in [0.25, 0.3) is 0 Å². The molecule has 1 saturated carbocycles. The minimum absolute atomic E-state index is 0. The van der Waals surface area contributed by atoms with Crippen LogP contribution in [0.25, 0.3) is 0 Å². The van der Waals surface area contributed by atoms with Crippen LogP contribution in [0, 0.1) is 5.92 Å². The van der Waals surface area contributed by atoms with E-state index in [-0.39, 0.29) is 29.6 Å². The van der Waals surface area contributed by atoms with Crippen LogP contribution in [0.5, 0.6) is 0 Å². The number of hydrogen-bond acceptors (Lipinski definition) is 4. The molecular weight excluding hydrogens is 481 g/mol. The van der Waals surface area contributed by atoms with Crippen LogP contribution in [0.2, 0.25) is 0 Å². The predicted molar refractivity (Wildman–Crippen MR) is 125 cm³/mol. The predicted octanol–water partition coefficient (Wildman–Crippen LogP) is 3.89. The summed E-state index contributed by atoms with van der Waals surface area (Å²) in [4.78, 5) is 4.90. The molecule has 2 aliphatic heterocycles. The van der Waals surface area contributed by atoms with Crippen LogP contribution in [0.1, 0.15) is 57.6 Å². The highest BCUT2D eigenvalue weighted by Gasteiger charge is 2.41. The smallest absolute Gasteiger partial charge is 0.191 e. The zero-order chi connectivity index (χ0) is 19.2. The molecule has 1 aromatic heterocycles. The van der Waals surface area contributed by atoms with Gasteiger partial charge in [-0.05, 0) is 43.7 Å². The van der Waals surface area contributed by atoms with Gasteiger partial charge in [0.1, 0.15) is 5.76 Å². The maximum Gasteiger partial charge on any atom is 0.191 e. The third-order valence-electron chi connectivity index (χ3n) is 6.54. The third-order valence-corrected chi connectivity index (χ3v) is 6.54. The van der Waals surface area contributed by atoms with Gasteiger partial charge in [-0.15, -0.1) is 24.0 Å². The first kappa shape index (κ1) is 22.9. The summed E-state index contributed by atoms with van der Waals surface area (Å²) < 4.78 is 17.2. The van der Waals surface area contributed by atoms with Crippen LogP contribution in [-0.2, 0) is 15.9 Å². The largest absolute Gasteiger partial charge is 0.469 e. The van der Waals surface area contributed by atoms with Crippen LogP contribution >= 0.6 is 24.0 Å². The number of guanidine groups is 1. The van der Waals surface area contributed by atoms with Crippen molar-refractivity contribution in [1.29, 1.82) is 0 Å². The second-order valence-electron chi connectivity index (χ2n) is 8.74. The lowest BCUT2D eigenvalue weighted by molar-refractivity contribution is -0.0874. The molecule has 2 N–H and O–H groups in total. The summed E-state index contributed by atoms with van der Waals surface area (Å²) in [6.45, 7) is 5.41. The second kappa shape index (κ2) is 11.0. The van der Waals surface area contributed by atoms with Gasteiger partial charge >= 0.3 is 0 Å². The SMILES string of the molecule is CC1CCCCC1NC(=NCCc1ccco1)NC1CCOC2(CCOC2)C1.I. The molecule has 3 heterocycles. The molecule has 3 aliphatic rings. The molecule has 4 unspecified atom stereocenters. The van der Waals surface area contributed by atoms with Gasteiger partial charge in [0.2, 0.25) is 0 Å². The van der Waals surface area contributed by atoms with E-state index in [4.69, 9.17) is 18.9 Å². The summed E-state index contributed by atoms with van der Waals surface area (Å²) in [5.74, 6) is 2.63. The highest BCUT2D eigenvalue weighted by Crippen LogP contribution is 2.33. The Balaban J connectivity index is 0.00000240.